The second kappa shape index (κ2) is 8.44. The van der Waals surface area contributed by atoms with Crippen molar-refractivity contribution in [2.45, 2.75) is 19.8 Å². The van der Waals surface area contributed by atoms with Crippen molar-refractivity contribution in [1.82, 2.24) is 5.32 Å². The maximum Gasteiger partial charge on any atom is 0.253 e. The van der Waals surface area contributed by atoms with Gasteiger partial charge in [0, 0.05) is 19.8 Å². The Morgan fingerprint density at radius 2 is 2.21 bits per heavy atom. The molecule has 1 aromatic rings. The molecule has 6 heteroatoms. The van der Waals surface area contributed by atoms with Gasteiger partial charge in [-0.05, 0) is 25.0 Å². The Morgan fingerprint density at radius 1 is 1.42 bits per heavy atom. The minimum absolute atomic E-state index is 0.00207. The highest BCUT2D eigenvalue weighted by molar-refractivity contribution is 5.99. The smallest absolute Gasteiger partial charge is 0.253 e. The van der Waals surface area contributed by atoms with E-state index in [4.69, 9.17) is 10.6 Å². The summed E-state index contributed by atoms with van der Waals surface area (Å²) in [5, 5.41) is 2.70. The summed E-state index contributed by atoms with van der Waals surface area (Å²) in [5.41, 5.74) is 2.40. The normalized spacial score (nSPS) is 10.3. The first-order valence-corrected chi connectivity index (χ1v) is 6.31. The summed E-state index contributed by atoms with van der Waals surface area (Å²) >= 11 is 0. The number of anilines is 1. The van der Waals surface area contributed by atoms with Gasteiger partial charge in [-0.1, -0.05) is 13.0 Å². The Kier molecular flexibility index (Phi) is 6.84. The van der Waals surface area contributed by atoms with Gasteiger partial charge < -0.3 is 15.5 Å². The molecule has 0 bridgehead atoms. The van der Waals surface area contributed by atoms with Crippen molar-refractivity contribution in [3.05, 3.63) is 29.6 Å². The molecule has 0 saturated carbocycles. The zero-order valence-corrected chi connectivity index (χ0v) is 11.0. The van der Waals surface area contributed by atoms with E-state index in [-0.39, 0.29) is 17.2 Å². The number of carbonyl (C=O) groups excluding carboxylic acids is 1. The number of nitrogen functional groups attached to an aromatic ring is 1. The van der Waals surface area contributed by atoms with Crippen LogP contribution >= 0.6 is 0 Å². The molecule has 5 nitrogen and oxygen atoms in total. The monoisotopic (exact) mass is 269 g/mol. The average molecular weight is 269 g/mol. The van der Waals surface area contributed by atoms with Gasteiger partial charge in [0.25, 0.3) is 5.91 Å². The van der Waals surface area contributed by atoms with Crippen LogP contribution in [-0.4, -0.2) is 25.7 Å². The minimum Gasteiger partial charge on any atom is -0.381 e. The first-order valence-electron chi connectivity index (χ1n) is 6.31. The predicted octanol–water partition coefficient (Wildman–Crippen LogP) is 1.66. The molecule has 0 spiro atoms. The molecule has 106 valence electrons. The van der Waals surface area contributed by atoms with Crippen molar-refractivity contribution >= 4 is 11.6 Å². The molecule has 1 aromatic carbocycles. The minimum atomic E-state index is -0.554. The number of nitrogens with two attached hydrogens (primary N) is 1. The number of hydrazine groups is 1. The second-order valence-electron chi connectivity index (χ2n) is 4.03. The van der Waals surface area contributed by atoms with Crippen LogP contribution in [0.25, 0.3) is 0 Å². The fourth-order valence-electron chi connectivity index (χ4n) is 1.58. The lowest BCUT2D eigenvalue weighted by Gasteiger charge is -2.10. The molecule has 0 fully saturated rings. The third kappa shape index (κ3) is 4.84. The molecule has 1 amide bonds. The summed E-state index contributed by atoms with van der Waals surface area (Å²) in [6.07, 6.45) is 1.69. The Hall–Kier alpha value is -1.66. The molecule has 0 aliphatic carbocycles. The number of hydrogen-bond acceptors (Lipinski definition) is 4. The van der Waals surface area contributed by atoms with Crippen molar-refractivity contribution in [3.63, 3.8) is 0 Å². The molecule has 0 saturated heterocycles. The summed E-state index contributed by atoms with van der Waals surface area (Å²) in [5.74, 6) is 4.30. The molecule has 0 aliphatic rings. The molecule has 0 radical (unpaired) electrons. The summed E-state index contributed by atoms with van der Waals surface area (Å²) in [6.45, 7) is 3.83. The number of rotatable bonds is 8. The average Bonchev–Trinajstić information content (AvgIpc) is 2.42. The highest BCUT2D eigenvalue weighted by Gasteiger charge is 2.13. The lowest BCUT2D eigenvalue weighted by molar-refractivity contribution is 0.0942. The Labute approximate surface area is 112 Å². The van der Waals surface area contributed by atoms with Crippen LogP contribution in [0, 0.1) is 5.82 Å². The second-order valence-corrected chi connectivity index (χ2v) is 4.03. The van der Waals surface area contributed by atoms with Gasteiger partial charge in [-0.3, -0.25) is 10.6 Å². The van der Waals surface area contributed by atoms with Crippen LogP contribution in [0.2, 0.25) is 0 Å². The first-order chi connectivity index (χ1) is 9.20. The van der Waals surface area contributed by atoms with Gasteiger partial charge in [-0.25, -0.2) is 4.39 Å². The number of amides is 1. The van der Waals surface area contributed by atoms with E-state index in [2.05, 4.69) is 10.7 Å². The lowest BCUT2D eigenvalue weighted by atomic mass is 10.1. The van der Waals surface area contributed by atoms with Gasteiger partial charge in [-0.15, -0.1) is 0 Å². The largest absolute Gasteiger partial charge is 0.381 e. The first kappa shape index (κ1) is 15.4. The van der Waals surface area contributed by atoms with Crippen molar-refractivity contribution in [2.24, 2.45) is 5.84 Å². The summed E-state index contributed by atoms with van der Waals surface area (Å²) in [7, 11) is 0. The van der Waals surface area contributed by atoms with Crippen molar-refractivity contribution < 1.29 is 13.9 Å². The highest BCUT2D eigenvalue weighted by Crippen LogP contribution is 2.18. The molecule has 0 heterocycles. The third-order valence-electron chi connectivity index (χ3n) is 2.50. The number of halogens is 1. The molecule has 0 unspecified atom stereocenters. The van der Waals surface area contributed by atoms with Crippen molar-refractivity contribution in [2.75, 3.05) is 25.2 Å². The SMILES string of the molecule is CCCOCCCNC(=O)c1cccc(F)c1NN. The van der Waals surface area contributed by atoms with Gasteiger partial charge in [-0.2, -0.15) is 0 Å². The third-order valence-corrected chi connectivity index (χ3v) is 2.50. The van der Waals surface area contributed by atoms with Gasteiger partial charge in [0.1, 0.15) is 5.82 Å². The van der Waals surface area contributed by atoms with Crippen LogP contribution in [0.4, 0.5) is 10.1 Å². The summed E-state index contributed by atoms with van der Waals surface area (Å²) in [4.78, 5) is 11.9. The maximum atomic E-state index is 13.4. The highest BCUT2D eigenvalue weighted by atomic mass is 19.1. The quantitative estimate of drug-likeness (QED) is 0.381. The van der Waals surface area contributed by atoms with E-state index in [1.165, 1.54) is 18.2 Å². The molecule has 0 aromatic heterocycles. The van der Waals surface area contributed by atoms with Crippen LogP contribution < -0.4 is 16.6 Å². The molecular formula is C13H20FN3O2. The maximum absolute atomic E-state index is 13.4. The number of ether oxygens (including phenoxy) is 1. The molecule has 4 N–H and O–H groups in total. The van der Waals surface area contributed by atoms with Crippen LogP contribution in [0.5, 0.6) is 0 Å². The Bertz CT molecular complexity index is 413. The zero-order valence-electron chi connectivity index (χ0n) is 11.0. The van der Waals surface area contributed by atoms with Gasteiger partial charge in [0.15, 0.2) is 0 Å². The van der Waals surface area contributed by atoms with Crippen LogP contribution in [0.3, 0.4) is 0 Å². The number of hydrogen-bond donors (Lipinski definition) is 3. The van der Waals surface area contributed by atoms with E-state index >= 15 is 0 Å². The van der Waals surface area contributed by atoms with Crippen molar-refractivity contribution in [1.29, 1.82) is 0 Å². The number of carbonyl (C=O) groups is 1. The standard InChI is InChI=1S/C13H20FN3O2/c1-2-8-19-9-4-7-16-13(18)10-5-3-6-11(14)12(10)17-15/h3,5-6,17H,2,4,7-9,15H2,1H3,(H,16,18). The topological polar surface area (TPSA) is 76.4 Å². The van der Waals surface area contributed by atoms with Gasteiger partial charge in [0.05, 0.1) is 11.3 Å². The fraction of sp³-hybridized carbons (Fsp3) is 0.462. The van der Waals surface area contributed by atoms with E-state index in [9.17, 15) is 9.18 Å². The molecule has 1 rings (SSSR count). The molecule has 0 aliphatic heterocycles. The van der Waals surface area contributed by atoms with Crippen LogP contribution in [-0.2, 0) is 4.74 Å². The van der Waals surface area contributed by atoms with Gasteiger partial charge in [0.2, 0.25) is 0 Å². The van der Waals surface area contributed by atoms with E-state index in [0.29, 0.717) is 19.6 Å². The van der Waals surface area contributed by atoms with E-state index in [0.717, 1.165) is 13.0 Å². The van der Waals surface area contributed by atoms with Gasteiger partial charge >= 0.3 is 0 Å². The summed E-state index contributed by atoms with van der Waals surface area (Å²) in [6, 6.07) is 4.22. The van der Waals surface area contributed by atoms with Crippen LogP contribution in [0.15, 0.2) is 18.2 Å². The Balaban J connectivity index is 2.43. The predicted molar refractivity (Wildman–Crippen MR) is 72.3 cm³/mol. The molecule has 19 heavy (non-hydrogen) atoms. The number of para-hydroxylation sites is 1. The van der Waals surface area contributed by atoms with Crippen LogP contribution in [0.1, 0.15) is 30.1 Å². The Morgan fingerprint density at radius 3 is 2.89 bits per heavy atom. The molecular weight excluding hydrogens is 249 g/mol. The summed E-state index contributed by atoms with van der Waals surface area (Å²) < 4.78 is 18.7. The number of benzene rings is 1. The molecule has 0 atom stereocenters. The number of nitrogens with one attached hydrogen (secondary N) is 2. The lowest BCUT2D eigenvalue weighted by Crippen LogP contribution is -2.27. The zero-order chi connectivity index (χ0) is 14.1. The van der Waals surface area contributed by atoms with E-state index in [1.807, 2.05) is 6.92 Å². The fourth-order valence-corrected chi connectivity index (χ4v) is 1.58. The van der Waals surface area contributed by atoms with E-state index in [1.54, 1.807) is 0 Å². The van der Waals surface area contributed by atoms with Crippen molar-refractivity contribution in [3.8, 4) is 0 Å². The van der Waals surface area contributed by atoms with E-state index < -0.39 is 5.82 Å².